The molecule has 0 amide bonds. The van der Waals surface area contributed by atoms with Gasteiger partial charge >= 0.3 is 0 Å². The summed E-state index contributed by atoms with van der Waals surface area (Å²) < 4.78 is 7.11. The molecule has 0 radical (unpaired) electrons. The van der Waals surface area contributed by atoms with Crippen LogP contribution in [0.15, 0.2) is 207 Å². The molecule has 5 aromatic carbocycles. The molecule has 5 nitrogen and oxygen atoms in total. The summed E-state index contributed by atoms with van der Waals surface area (Å²) in [7, 11) is 0. The van der Waals surface area contributed by atoms with Gasteiger partial charge in [0.2, 0.25) is 0 Å². The highest BCUT2D eigenvalue weighted by Crippen LogP contribution is 2.62. The minimum absolute atomic E-state index is 0.0552. The van der Waals surface area contributed by atoms with Crippen LogP contribution in [0.4, 0.5) is 0 Å². The summed E-state index contributed by atoms with van der Waals surface area (Å²) in [4.78, 5) is 19.6. The van der Waals surface area contributed by atoms with E-state index in [9.17, 15) is 0 Å². The molecular weight excluding hydrogens is 733 g/mol. The van der Waals surface area contributed by atoms with Gasteiger partial charge in [-0.15, -0.1) is 6.58 Å². The van der Waals surface area contributed by atoms with Crippen molar-refractivity contribution < 1.29 is 4.74 Å². The molecule has 2 atom stereocenters. The monoisotopic (exact) mass is 774 g/mol. The molecule has 1 aliphatic heterocycles. The number of ether oxygens (including phenoxy) is 1. The number of nitrogens with zero attached hydrogens (tertiary/aromatic N) is 4. The van der Waals surface area contributed by atoms with E-state index in [2.05, 4.69) is 140 Å². The van der Waals surface area contributed by atoms with Crippen molar-refractivity contribution in [3.05, 3.63) is 247 Å². The smallest absolute Gasteiger partial charge is 0.164 e. The van der Waals surface area contributed by atoms with Gasteiger partial charge < -0.3 is 4.74 Å². The summed E-state index contributed by atoms with van der Waals surface area (Å²) in [5, 5.41) is 1.13. The third-order valence-corrected chi connectivity index (χ3v) is 12.0. The molecule has 0 saturated carbocycles. The molecule has 10 rings (SSSR count). The average Bonchev–Trinajstić information content (AvgIpc) is 3.59. The van der Waals surface area contributed by atoms with Crippen LogP contribution in [0.3, 0.4) is 0 Å². The van der Waals surface area contributed by atoms with E-state index in [0.29, 0.717) is 23.9 Å². The highest BCUT2D eigenvalue weighted by molar-refractivity contribution is 5.89. The average molecular weight is 775 g/mol. The fraction of sp³-hybridized carbons (Fsp3) is 0.0909. The Bertz CT molecular complexity index is 2940. The van der Waals surface area contributed by atoms with Crippen molar-refractivity contribution in [1.82, 2.24) is 19.9 Å². The second kappa shape index (κ2) is 15.3. The predicted octanol–water partition coefficient (Wildman–Crippen LogP) is 12.9. The first-order valence-electron chi connectivity index (χ1n) is 20.4. The van der Waals surface area contributed by atoms with Gasteiger partial charge in [-0.2, -0.15) is 0 Å². The molecule has 0 N–H and O–H groups in total. The molecule has 5 heteroatoms. The number of rotatable bonds is 10. The Labute approximate surface area is 350 Å². The summed E-state index contributed by atoms with van der Waals surface area (Å²) in [6.07, 6.45) is 19.3. The van der Waals surface area contributed by atoms with Crippen LogP contribution in [0.5, 0.6) is 5.75 Å². The zero-order valence-electron chi connectivity index (χ0n) is 33.2. The van der Waals surface area contributed by atoms with E-state index in [1.54, 1.807) is 6.08 Å². The van der Waals surface area contributed by atoms with Gasteiger partial charge in [-0.05, 0) is 82.1 Å². The van der Waals surface area contributed by atoms with Crippen LogP contribution in [-0.4, -0.2) is 19.9 Å². The molecule has 288 valence electrons. The maximum absolute atomic E-state index is 7.11. The van der Waals surface area contributed by atoms with E-state index < -0.39 is 5.41 Å². The number of aromatic nitrogens is 4. The fourth-order valence-electron chi connectivity index (χ4n) is 9.23. The quantitative estimate of drug-likeness (QED) is 0.102. The van der Waals surface area contributed by atoms with Gasteiger partial charge in [0.05, 0.1) is 10.9 Å². The largest absolute Gasteiger partial charge is 0.457 e. The lowest BCUT2D eigenvalue weighted by molar-refractivity contribution is 0.381. The molecule has 60 heavy (non-hydrogen) atoms. The van der Waals surface area contributed by atoms with Crippen molar-refractivity contribution in [2.75, 3.05) is 0 Å². The van der Waals surface area contributed by atoms with Crippen LogP contribution in [0.25, 0.3) is 45.1 Å². The van der Waals surface area contributed by atoms with Crippen molar-refractivity contribution in [3.8, 4) is 28.3 Å². The normalized spacial score (nSPS) is 16.3. The minimum atomic E-state index is -0.581. The SMILES string of the molecule is C=C/C=C\C=C\c1nc(C(=C)CC(C=C)c2ccccc2)nc(-c2ccc3c(c2)OC2=CC(c4ccc5cccnc5c4)CC=C2C32c3ccccc3-c3ccccc32)n1. The number of allylic oxidation sites excluding steroid dienone is 9. The molecular formula is C55H42N4O. The highest BCUT2D eigenvalue weighted by atomic mass is 16.5. The maximum atomic E-state index is 7.11. The number of hydrogen-bond donors (Lipinski definition) is 0. The van der Waals surface area contributed by atoms with Gasteiger partial charge in [0.15, 0.2) is 17.5 Å². The summed E-state index contributed by atoms with van der Waals surface area (Å²) in [6, 6.07) is 45.1. The molecule has 0 saturated heterocycles. The standard InChI is InChI=1S/C55H42N4O/c1-4-6-7-11-24-52-57-53(36(3)32-37(5-2)38-17-9-8-10-18-38)59-54(58-52)42-28-30-48-51(35-42)60-50-34-41(40-26-25-39-19-16-31-56-49(39)33-40)27-29-47(50)55(48)45-22-14-12-20-43(45)44-21-13-15-23-46(44)55/h4-26,28-31,33-35,37,41H,1-3,27,32H2/b7-6-,24-11+. The van der Waals surface area contributed by atoms with E-state index in [-0.39, 0.29) is 11.8 Å². The molecule has 7 aromatic rings. The van der Waals surface area contributed by atoms with Gasteiger partial charge in [0, 0.05) is 40.1 Å². The highest BCUT2D eigenvalue weighted by Gasteiger charge is 2.53. The molecule has 2 aliphatic carbocycles. The van der Waals surface area contributed by atoms with Gasteiger partial charge in [0.1, 0.15) is 11.5 Å². The second-order valence-electron chi connectivity index (χ2n) is 15.5. The predicted molar refractivity (Wildman–Crippen MR) is 244 cm³/mol. The van der Waals surface area contributed by atoms with E-state index >= 15 is 0 Å². The summed E-state index contributed by atoms with van der Waals surface area (Å²) in [5.74, 6) is 3.41. The Balaban J connectivity index is 1.12. The zero-order chi connectivity index (χ0) is 40.6. The first-order valence-corrected chi connectivity index (χ1v) is 20.4. The van der Waals surface area contributed by atoms with E-state index in [4.69, 9.17) is 19.7 Å². The molecule has 3 heterocycles. The summed E-state index contributed by atoms with van der Waals surface area (Å²) in [5.41, 5.74) is 11.6. The molecule has 0 bridgehead atoms. The molecule has 0 fully saturated rings. The Kier molecular flexibility index (Phi) is 9.42. The third-order valence-electron chi connectivity index (χ3n) is 12.0. The molecule has 2 unspecified atom stereocenters. The van der Waals surface area contributed by atoms with Crippen molar-refractivity contribution in [1.29, 1.82) is 0 Å². The Hall–Kier alpha value is -7.50. The van der Waals surface area contributed by atoms with Crippen molar-refractivity contribution in [2.45, 2.75) is 30.1 Å². The first-order chi connectivity index (χ1) is 29.5. The maximum Gasteiger partial charge on any atom is 0.164 e. The molecule has 3 aliphatic rings. The van der Waals surface area contributed by atoms with E-state index in [1.165, 1.54) is 39.0 Å². The molecule has 1 spiro atoms. The topological polar surface area (TPSA) is 60.8 Å². The Morgan fingerprint density at radius 3 is 2.33 bits per heavy atom. The van der Waals surface area contributed by atoms with Crippen molar-refractivity contribution in [2.24, 2.45) is 0 Å². The fourth-order valence-corrected chi connectivity index (χ4v) is 9.23. The first kappa shape index (κ1) is 36.8. The van der Waals surface area contributed by atoms with Crippen molar-refractivity contribution >= 4 is 22.6 Å². The van der Waals surface area contributed by atoms with E-state index in [0.717, 1.165) is 45.5 Å². The second-order valence-corrected chi connectivity index (χ2v) is 15.5. The Morgan fingerprint density at radius 2 is 1.55 bits per heavy atom. The van der Waals surface area contributed by atoms with Crippen LogP contribution in [0.1, 0.15) is 64.1 Å². The minimum Gasteiger partial charge on any atom is -0.457 e. The van der Waals surface area contributed by atoms with Gasteiger partial charge in [-0.3, -0.25) is 4.98 Å². The summed E-state index contributed by atoms with van der Waals surface area (Å²) in [6.45, 7) is 12.4. The van der Waals surface area contributed by atoms with Crippen LogP contribution in [0.2, 0.25) is 0 Å². The number of hydrogen-bond acceptors (Lipinski definition) is 5. The van der Waals surface area contributed by atoms with Gasteiger partial charge in [-0.25, -0.2) is 15.0 Å². The van der Waals surface area contributed by atoms with E-state index in [1.807, 2.05) is 60.8 Å². The van der Waals surface area contributed by atoms with Gasteiger partial charge in [-0.1, -0.05) is 159 Å². The number of pyridine rings is 1. The van der Waals surface area contributed by atoms with Crippen molar-refractivity contribution in [3.63, 3.8) is 0 Å². The lowest BCUT2D eigenvalue weighted by Gasteiger charge is -2.43. The molecule has 2 aromatic heterocycles. The van der Waals surface area contributed by atoms with Gasteiger partial charge in [0.25, 0.3) is 0 Å². The van der Waals surface area contributed by atoms with Crippen LogP contribution in [-0.2, 0) is 5.41 Å². The van der Waals surface area contributed by atoms with Crippen LogP contribution >= 0.6 is 0 Å². The van der Waals surface area contributed by atoms with Crippen LogP contribution in [0, 0.1) is 0 Å². The summed E-state index contributed by atoms with van der Waals surface area (Å²) >= 11 is 0. The third kappa shape index (κ3) is 6.27. The van der Waals surface area contributed by atoms with Crippen LogP contribution < -0.4 is 4.74 Å². The zero-order valence-corrected chi connectivity index (χ0v) is 33.2. The lowest BCUT2D eigenvalue weighted by atomic mass is 9.63. The lowest BCUT2D eigenvalue weighted by Crippen LogP contribution is -2.36. The number of fused-ring (bicyclic) bond motifs is 10. The number of benzene rings is 5. The Morgan fingerprint density at radius 1 is 0.767 bits per heavy atom.